The van der Waals surface area contributed by atoms with E-state index >= 15 is 0 Å². The first-order valence-electron chi connectivity index (χ1n) is 2.18. The molecule has 0 spiro atoms. The SMILES string of the molecule is CCOC(=O)N[PH2]=S. The fourth-order valence-corrected chi connectivity index (χ4v) is 0.689. The van der Waals surface area contributed by atoms with Crippen LogP contribution in [0.3, 0.4) is 0 Å². The molecule has 1 unspecified atom stereocenters. The summed E-state index contributed by atoms with van der Waals surface area (Å²) in [5.74, 6) is 0. The van der Waals surface area contributed by atoms with Crippen LogP contribution >= 0.6 is 7.51 Å². The van der Waals surface area contributed by atoms with E-state index in [1.54, 1.807) is 6.92 Å². The van der Waals surface area contributed by atoms with Crippen LogP contribution in [0.25, 0.3) is 0 Å². The molecular formula is C3H8NO2PS. The highest BCUT2D eigenvalue weighted by molar-refractivity contribution is 7.95. The Labute approximate surface area is 54.3 Å². The lowest BCUT2D eigenvalue weighted by Crippen LogP contribution is -2.13. The summed E-state index contributed by atoms with van der Waals surface area (Å²) in [4.78, 5) is 10.3. The molecule has 0 bridgehead atoms. The summed E-state index contributed by atoms with van der Waals surface area (Å²) in [5.41, 5.74) is 0. The lowest BCUT2D eigenvalue weighted by atomic mass is 10.9. The van der Waals surface area contributed by atoms with E-state index < -0.39 is 13.6 Å². The molecule has 1 atom stereocenters. The third kappa shape index (κ3) is 4.09. The standard InChI is InChI=1S/C3H8NO2PS/c1-2-6-3(5)4-7-8/h2,7H2,1H3,(H,4,5,8). The maximum Gasteiger partial charge on any atom is 0.410 e. The minimum absolute atomic E-state index is 0.394. The van der Waals surface area contributed by atoms with Crippen molar-refractivity contribution in [3.8, 4) is 0 Å². The Kier molecular flexibility index (Phi) is 5.01. The van der Waals surface area contributed by atoms with Crippen molar-refractivity contribution < 1.29 is 9.53 Å². The molecule has 0 radical (unpaired) electrons. The summed E-state index contributed by atoms with van der Waals surface area (Å²) in [7, 11) is -0.394. The highest BCUT2D eigenvalue weighted by Gasteiger charge is 1.91. The molecule has 0 aliphatic heterocycles. The smallest absolute Gasteiger partial charge is 0.410 e. The molecule has 1 amide bonds. The summed E-state index contributed by atoms with van der Waals surface area (Å²) in [6, 6.07) is 0. The number of hydrogen-bond acceptors (Lipinski definition) is 3. The predicted octanol–water partition coefficient (Wildman–Crippen LogP) is 0.520. The molecule has 1 N–H and O–H groups in total. The quantitative estimate of drug-likeness (QED) is 0.588. The van der Waals surface area contributed by atoms with Crippen LogP contribution in [-0.2, 0) is 16.5 Å². The fraction of sp³-hybridized carbons (Fsp3) is 0.667. The number of ether oxygens (including phenoxy) is 1. The third-order valence-electron chi connectivity index (χ3n) is 0.452. The third-order valence-corrected chi connectivity index (χ3v) is 1.16. The van der Waals surface area contributed by atoms with Crippen molar-refractivity contribution in [3.63, 3.8) is 0 Å². The number of carbonyl (C=O) groups excluding carboxylic acids is 1. The van der Waals surface area contributed by atoms with Crippen LogP contribution in [0.1, 0.15) is 6.92 Å². The summed E-state index contributed by atoms with van der Waals surface area (Å²) < 4.78 is 4.49. The molecule has 0 aromatic carbocycles. The van der Waals surface area contributed by atoms with E-state index in [-0.39, 0.29) is 0 Å². The molecule has 0 rings (SSSR count). The maximum atomic E-state index is 10.3. The Balaban J connectivity index is 3.18. The Hall–Kier alpha value is -0.0800. The molecule has 0 aliphatic carbocycles. The molecule has 48 valence electrons. The Morgan fingerprint density at radius 3 is 3.00 bits per heavy atom. The van der Waals surface area contributed by atoms with Gasteiger partial charge in [-0.05, 0) is 6.92 Å². The van der Waals surface area contributed by atoms with Crippen molar-refractivity contribution in [2.45, 2.75) is 6.92 Å². The van der Waals surface area contributed by atoms with Crippen molar-refractivity contribution in [1.82, 2.24) is 5.09 Å². The van der Waals surface area contributed by atoms with E-state index in [0.29, 0.717) is 6.61 Å². The highest BCUT2D eigenvalue weighted by atomic mass is 32.4. The Morgan fingerprint density at radius 1 is 2.00 bits per heavy atom. The van der Waals surface area contributed by atoms with Crippen LogP contribution in [0.2, 0.25) is 0 Å². The van der Waals surface area contributed by atoms with Crippen LogP contribution in [0.5, 0.6) is 0 Å². The van der Waals surface area contributed by atoms with Crippen molar-refractivity contribution >= 4 is 25.4 Å². The van der Waals surface area contributed by atoms with E-state index in [9.17, 15) is 4.79 Å². The normalized spacial score (nSPS) is 9.62. The largest absolute Gasteiger partial charge is 0.450 e. The maximum absolute atomic E-state index is 10.3. The first-order chi connectivity index (χ1) is 3.81. The molecule has 0 saturated carbocycles. The van der Waals surface area contributed by atoms with Gasteiger partial charge in [0.15, 0.2) is 0 Å². The first kappa shape index (κ1) is 7.92. The Morgan fingerprint density at radius 2 is 2.62 bits per heavy atom. The predicted molar refractivity (Wildman–Crippen MR) is 37.2 cm³/mol. The summed E-state index contributed by atoms with van der Waals surface area (Å²) in [6.45, 7) is 2.15. The van der Waals surface area contributed by atoms with Gasteiger partial charge in [-0.15, -0.1) is 0 Å². The zero-order valence-electron chi connectivity index (χ0n) is 4.51. The van der Waals surface area contributed by atoms with Gasteiger partial charge in [0.1, 0.15) is 0 Å². The molecule has 0 aromatic heterocycles. The van der Waals surface area contributed by atoms with Gasteiger partial charge in [-0.25, -0.2) is 4.79 Å². The Bertz CT molecular complexity index is 97.3. The van der Waals surface area contributed by atoms with Crippen molar-refractivity contribution in [3.05, 3.63) is 0 Å². The molecule has 8 heavy (non-hydrogen) atoms. The van der Waals surface area contributed by atoms with E-state index in [4.69, 9.17) is 0 Å². The minimum atomic E-state index is -0.405. The number of carbonyl (C=O) groups is 1. The molecule has 0 saturated heterocycles. The molecular weight excluding hydrogens is 145 g/mol. The minimum Gasteiger partial charge on any atom is -0.450 e. The molecule has 5 heteroatoms. The average molecular weight is 153 g/mol. The number of hydrogen-bond donors (Lipinski definition) is 1. The lowest BCUT2D eigenvalue weighted by Gasteiger charge is -1.96. The van der Waals surface area contributed by atoms with Crippen LogP contribution in [0.15, 0.2) is 0 Å². The van der Waals surface area contributed by atoms with E-state index in [1.807, 2.05) is 0 Å². The second-order valence-electron chi connectivity index (χ2n) is 0.983. The van der Waals surface area contributed by atoms with Crippen LogP contribution in [-0.4, -0.2) is 12.7 Å². The zero-order chi connectivity index (χ0) is 6.41. The molecule has 0 fully saturated rings. The number of nitrogens with one attached hydrogen (secondary N) is 1. The van der Waals surface area contributed by atoms with Gasteiger partial charge in [0.05, 0.1) is 6.61 Å². The highest BCUT2D eigenvalue weighted by Crippen LogP contribution is 1.83. The number of amides is 1. The molecule has 0 heterocycles. The van der Waals surface area contributed by atoms with Gasteiger partial charge in [0.2, 0.25) is 0 Å². The second-order valence-corrected chi connectivity index (χ2v) is 2.21. The number of rotatable bonds is 2. The van der Waals surface area contributed by atoms with Crippen molar-refractivity contribution in [2.24, 2.45) is 0 Å². The monoisotopic (exact) mass is 153 g/mol. The van der Waals surface area contributed by atoms with Gasteiger partial charge in [-0.3, -0.25) is 5.09 Å². The van der Waals surface area contributed by atoms with Gasteiger partial charge in [-0.1, -0.05) is 11.8 Å². The van der Waals surface area contributed by atoms with E-state index in [0.717, 1.165) is 0 Å². The van der Waals surface area contributed by atoms with Gasteiger partial charge in [-0.2, -0.15) is 0 Å². The fourth-order valence-electron chi connectivity index (χ4n) is 0.221. The first-order valence-corrected chi connectivity index (χ1v) is 4.64. The van der Waals surface area contributed by atoms with E-state index in [1.165, 1.54) is 0 Å². The van der Waals surface area contributed by atoms with Crippen LogP contribution < -0.4 is 5.09 Å². The van der Waals surface area contributed by atoms with Crippen molar-refractivity contribution in [1.29, 1.82) is 0 Å². The molecule has 0 aromatic rings. The van der Waals surface area contributed by atoms with Gasteiger partial charge in [0.25, 0.3) is 0 Å². The topological polar surface area (TPSA) is 38.3 Å². The summed E-state index contributed by atoms with van der Waals surface area (Å²) >= 11 is 4.51. The summed E-state index contributed by atoms with van der Waals surface area (Å²) in [6.07, 6.45) is -0.405. The van der Waals surface area contributed by atoms with Crippen LogP contribution in [0, 0.1) is 0 Å². The summed E-state index contributed by atoms with van der Waals surface area (Å²) in [5, 5.41) is 2.38. The lowest BCUT2D eigenvalue weighted by molar-refractivity contribution is 0.159. The zero-order valence-corrected chi connectivity index (χ0v) is 6.48. The van der Waals surface area contributed by atoms with Gasteiger partial charge in [0, 0.05) is 7.51 Å². The van der Waals surface area contributed by atoms with Crippen LogP contribution in [0.4, 0.5) is 4.79 Å². The average Bonchev–Trinajstić information content (AvgIpc) is 1.68. The molecule has 3 nitrogen and oxygen atoms in total. The van der Waals surface area contributed by atoms with Gasteiger partial charge >= 0.3 is 6.09 Å². The van der Waals surface area contributed by atoms with Crippen molar-refractivity contribution in [2.75, 3.05) is 6.61 Å². The second kappa shape index (κ2) is 5.06. The van der Waals surface area contributed by atoms with E-state index in [2.05, 4.69) is 21.6 Å². The molecule has 0 aliphatic rings. The van der Waals surface area contributed by atoms with Gasteiger partial charge < -0.3 is 4.74 Å².